The number of hydrogen-bond acceptors (Lipinski definition) is 2. The second-order valence-corrected chi connectivity index (χ2v) is 6.14. The minimum absolute atomic E-state index is 0.0105. The molecule has 1 aliphatic rings. The summed E-state index contributed by atoms with van der Waals surface area (Å²) in [5.41, 5.74) is -0.0105. The van der Waals surface area contributed by atoms with E-state index in [1.54, 1.807) is 4.90 Å². The van der Waals surface area contributed by atoms with Crippen LogP contribution in [0.3, 0.4) is 0 Å². The smallest absolute Gasteiger partial charge is 0.407 e. The molecular formula is C11H21BrN2O2. The number of alkyl halides is 1. The van der Waals surface area contributed by atoms with E-state index in [1.165, 1.54) is 0 Å². The lowest BCUT2D eigenvalue weighted by molar-refractivity contribution is 0.0240. The van der Waals surface area contributed by atoms with Crippen LogP contribution in [0.1, 0.15) is 20.8 Å². The first-order valence-electron chi connectivity index (χ1n) is 5.64. The van der Waals surface area contributed by atoms with Crippen LogP contribution in [0.4, 0.5) is 4.79 Å². The number of hydrogen-bond donors (Lipinski definition) is 1. The molecule has 0 bridgehead atoms. The number of rotatable bonds is 2. The Morgan fingerprint density at radius 2 is 2.06 bits per heavy atom. The van der Waals surface area contributed by atoms with Crippen molar-refractivity contribution < 1.29 is 9.90 Å². The number of carbonyl (C=O) groups is 1. The molecule has 1 amide bonds. The quantitative estimate of drug-likeness (QED) is 0.793. The van der Waals surface area contributed by atoms with Crippen molar-refractivity contribution in [3.05, 3.63) is 0 Å². The molecule has 1 unspecified atom stereocenters. The van der Waals surface area contributed by atoms with E-state index in [4.69, 9.17) is 0 Å². The van der Waals surface area contributed by atoms with Crippen molar-refractivity contribution in [1.82, 2.24) is 9.80 Å². The predicted molar refractivity (Wildman–Crippen MR) is 68.2 cm³/mol. The molecule has 4 nitrogen and oxygen atoms in total. The lowest BCUT2D eigenvalue weighted by Gasteiger charge is -2.45. The summed E-state index contributed by atoms with van der Waals surface area (Å²) in [4.78, 5) is 15.1. The van der Waals surface area contributed by atoms with Gasteiger partial charge in [-0.3, -0.25) is 4.90 Å². The number of carboxylic acid groups (broad SMARTS) is 1. The molecule has 1 rings (SSSR count). The maximum absolute atomic E-state index is 11.2. The van der Waals surface area contributed by atoms with Gasteiger partial charge in [-0.15, -0.1) is 0 Å². The molecule has 0 saturated carbocycles. The van der Waals surface area contributed by atoms with Gasteiger partial charge >= 0.3 is 6.09 Å². The zero-order valence-corrected chi connectivity index (χ0v) is 11.8. The molecule has 1 aliphatic heterocycles. The third-order valence-electron chi connectivity index (χ3n) is 3.11. The van der Waals surface area contributed by atoms with E-state index in [9.17, 15) is 9.90 Å². The van der Waals surface area contributed by atoms with Crippen molar-refractivity contribution in [2.45, 2.75) is 26.8 Å². The van der Waals surface area contributed by atoms with Gasteiger partial charge in [0.1, 0.15) is 0 Å². The monoisotopic (exact) mass is 292 g/mol. The summed E-state index contributed by atoms with van der Waals surface area (Å²) in [5.74, 6) is 0. The van der Waals surface area contributed by atoms with Crippen LogP contribution in [-0.4, -0.2) is 58.6 Å². The topological polar surface area (TPSA) is 43.8 Å². The third kappa shape index (κ3) is 3.35. The zero-order valence-electron chi connectivity index (χ0n) is 10.2. The fraction of sp³-hybridized carbons (Fsp3) is 0.909. The van der Waals surface area contributed by atoms with Crippen LogP contribution in [0.5, 0.6) is 0 Å². The number of amides is 1. The lowest BCUT2D eigenvalue weighted by Crippen LogP contribution is -2.59. The molecule has 0 aliphatic carbocycles. The molecule has 1 heterocycles. The summed E-state index contributed by atoms with van der Waals surface area (Å²) in [7, 11) is 0. The minimum atomic E-state index is -0.793. The maximum Gasteiger partial charge on any atom is 0.407 e. The molecule has 0 spiro atoms. The van der Waals surface area contributed by atoms with Crippen LogP contribution in [0, 0.1) is 5.41 Å². The fourth-order valence-corrected chi connectivity index (χ4v) is 2.63. The first-order chi connectivity index (χ1) is 7.36. The average Bonchev–Trinajstić information content (AvgIpc) is 2.16. The Balaban J connectivity index is 2.74. The van der Waals surface area contributed by atoms with Gasteiger partial charge in [-0.05, 0) is 5.41 Å². The summed E-state index contributed by atoms with van der Waals surface area (Å²) in [6.07, 6.45) is -0.793. The van der Waals surface area contributed by atoms with Crippen LogP contribution in [0.2, 0.25) is 0 Å². The van der Waals surface area contributed by atoms with Crippen LogP contribution in [-0.2, 0) is 0 Å². The Kier molecular flexibility index (Phi) is 4.62. The van der Waals surface area contributed by atoms with Gasteiger partial charge in [-0.1, -0.05) is 36.7 Å². The van der Waals surface area contributed by atoms with E-state index in [2.05, 4.69) is 41.6 Å². The summed E-state index contributed by atoms with van der Waals surface area (Å²) in [6, 6.07) is 0.0813. The molecule has 1 saturated heterocycles. The van der Waals surface area contributed by atoms with E-state index in [-0.39, 0.29) is 11.5 Å². The first kappa shape index (κ1) is 13.8. The molecule has 0 radical (unpaired) electrons. The molecule has 0 aromatic rings. The van der Waals surface area contributed by atoms with Crippen LogP contribution in [0.25, 0.3) is 0 Å². The molecule has 1 fully saturated rings. The molecule has 0 aromatic carbocycles. The van der Waals surface area contributed by atoms with E-state index in [0.717, 1.165) is 25.0 Å². The van der Waals surface area contributed by atoms with E-state index in [1.807, 2.05) is 0 Å². The Labute approximate surface area is 106 Å². The highest BCUT2D eigenvalue weighted by atomic mass is 79.9. The third-order valence-corrected chi connectivity index (χ3v) is 3.47. The maximum atomic E-state index is 11.2. The predicted octanol–water partition coefficient (Wildman–Crippen LogP) is 2.09. The number of halogens is 1. The van der Waals surface area contributed by atoms with E-state index < -0.39 is 6.09 Å². The summed E-state index contributed by atoms with van der Waals surface area (Å²) >= 11 is 3.43. The van der Waals surface area contributed by atoms with Gasteiger partial charge in [-0.2, -0.15) is 0 Å². The largest absolute Gasteiger partial charge is 0.465 e. The SMILES string of the molecule is CC(C)(C)C1CN(CCBr)CCN1C(=O)O. The van der Waals surface area contributed by atoms with Crippen LogP contribution >= 0.6 is 15.9 Å². The van der Waals surface area contributed by atoms with Gasteiger partial charge < -0.3 is 10.0 Å². The Morgan fingerprint density at radius 1 is 1.44 bits per heavy atom. The first-order valence-corrected chi connectivity index (χ1v) is 6.76. The van der Waals surface area contributed by atoms with Crippen LogP contribution < -0.4 is 0 Å². The molecule has 94 valence electrons. The fourth-order valence-electron chi connectivity index (χ4n) is 2.13. The molecular weight excluding hydrogens is 272 g/mol. The molecule has 16 heavy (non-hydrogen) atoms. The zero-order chi connectivity index (χ0) is 12.3. The standard InChI is InChI=1S/C11H21BrN2O2/c1-11(2,3)9-8-13(5-4-12)6-7-14(9)10(15)16/h9H,4-8H2,1-3H3,(H,15,16). The van der Waals surface area contributed by atoms with Crippen molar-refractivity contribution in [1.29, 1.82) is 0 Å². The van der Waals surface area contributed by atoms with E-state index >= 15 is 0 Å². The second-order valence-electron chi connectivity index (χ2n) is 5.35. The van der Waals surface area contributed by atoms with Crippen LogP contribution in [0.15, 0.2) is 0 Å². The Bertz CT molecular complexity index is 253. The van der Waals surface area contributed by atoms with E-state index in [0.29, 0.717) is 6.54 Å². The number of nitrogens with zero attached hydrogens (tertiary/aromatic N) is 2. The van der Waals surface area contributed by atoms with Gasteiger partial charge in [0, 0.05) is 31.5 Å². The lowest BCUT2D eigenvalue weighted by atomic mass is 9.84. The minimum Gasteiger partial charge on any atom is -0.465 e. The highest BCUT2D eigenvalue weighted by Gasteiger charge is 2.37. The molecule has 0 aromatic heterocycles. The van der Waals surface area contributed by atoms with Gasteiger partial charge in [0.2, 0.25) is 0 Å². The Hall–Kier alpha value is -0.290. The highest BCUT2D eigenvalue weighted by molar-refractivity contribution is 9.09. The molecule has 5 heteroatoms. The molecule has 1 atom stereocenters. The normalized spacial score (nSPS) is 23.5. The van der Waals surface area contributed by atoms with Crippen molar-refractivity contribution in [3.8, 4) is 0 Å². The molecule has 1 N–H and O–H groups in total. The van der Waals surface area contributed by atoms with Crippen molar-refractivity contribution in [2.75, 3.05) is 31.5 Å². The van der Waals surface area contributed by atoms with Crippen molar-refractivity contribution >= 4 is 22.0 Å². The van der Waals surface area contributed by atoms with Crippen molar-refractivity contribution in [3.63, 3.8) is 0 Å². The summed E-state index contributed by atoms with van der Waals surface area (Å²) < 4.78 is 0. The average molecular weight is 293 g/mol. The second kappa shape index (κ2) is 5.36. The van der Waals surface area contributed by atoms with Gasteiger partial charge in [0.05, 0.1) is 6.04 Å². The highest BCUT2D eigenvalue weighted by Crippen LogP contribution is 2.27. The Morgan fingerprint density at radius 3 is 2.50 bits per heavy atom. The van der Waals surface area contributed by atoms with Gasteiger partial charge in [-0.25, -0.2) is 4.79 Å². The van der Waals surface area contributed by atoms with Gasteiger partial charge in [0.25, 0.3) is 0 Å². The van der Waals surface area contributed by atoms with Crippen molar-refractivity contribution in [2.24, 2.45) is 5.41 Å². The summed E-state index contributed by atoms with van der Waals surface area (Å²) in [5, 5.41) is 10.1. The van der Waals surface area contributed by atoms with Gasteiger partial charge in [0.15, 0.2) is 0 Å². The summed E-state index contributed by atoms with van der Waals surface area (Å²) in [6.45, 7) is 9.58. The number of piperazine rings is 1.